The molecule has 1 nitrogen and oxygen atoms in total. The van der Waals surface area contributed by atoms with Gasteiger partial charge in [-0.25, -0.2) is 0 Å². The fraction of sp³-hybridized carbons (Fsp3) is 0.300. The molecule has 116 valence electrons. The second-order valence-electron chi connectivity index (χ2n) is 5.74. The highest BCUT2D eigenvalue weighted by Gasteiger charge is 2.07. The standard InChI is InChI=1S/C20H24OS/c1-16(2)14-18-9-7-6-8-17(18)12-13-19(21)15-22-20-10-4-3-5-11-20/h3-11,14,19,21H,12-13,15H2,1-2H3. The highest BCUT2D eigenvalue weighted by Crippen LogP contribution is 2.20. The Hall–Kier alpha value is -1.51. The minimum absolute atomic E-state index is 0.273. The zero-order valence-electron chi connectivity index (χ0n) is 13.3. The van der Waals surface area contributed by atoms with E-state index in [2.05, 4.69) is 56.3 Å². The van der Waals surface area contributed by atoms with Crippen molar-refractivity contribution in [1.29, 1.82) is 0 Å². The van der Waals surface area contributed by atoms with E-state index < -0.39 is 0 Å². The zero-order valence-corrected chi connectivity index (χ0v) is 14.1. The van der Waals surface area contributed by atoms with Crippen molar-refractivity contribution in [2.75, 3.05) is 5.75 Å². The Morgan fingerprint density at radius 2 is 1.73 bits per heavy atom. The van der Waals surface area contributed by atoms with Crippen molar-refractivity contribution in [1.82, 2.24) is 0 Å². The first-order valence-electron chi connectivity index (χ1n) is 7.74. The molecule has 2 heteroatoms. The molecule has 0 aliphatic heterocycles. The molecular formula is C20H24OS. The van der Waals surface area contributed by atoms with Crippen LogP contribution in [-0.4, -0.2) is 17.0 Å². The Labute approximate surface area is 138 Å². The van der Waals surface area contributed by atoms with Gasteiger partial charge in [0.1, 0.15) is 0 Å². The summed E-state index contributed by atoms with van der Waals surface area (Å²) in [6.07, 6.45) is 3.65. The largest absolute Gasteiger partial charge is 0.392 e. The van der Waals surface area contributed by atoms with Gasteiger partial charge in [0.2, 0.25) is 0 Å². The third-order valence-corrected chi connectivity index (χ3v) is 4.59. The molecule has 0 aromatic heterocycles. The van der Waals surface area contributed by atoms with Crippen LogP contribution in [0, 0.1) is 0 Å². The van der Waals surface area contributed by atoms with Gasteiger partial charge in [-0.2, -0.15) is 0 Å². The summed E-state index contributed by atoms with van der Waals surface area (Å²) in [7, 11) is 0. The highest BCUT2D eigenvalue weighted by molar-refractivity contribution is 7.99. The molecule has 0 bridgehead atoms. The van der Waals surface area contributed by atoms with Gasteiger partial charge in [-0.1, -0.05) is 54.1 Å². The molecule has 2 rings (SSSR count). The summed E-state index contributed by atoms with van der Waals surface area (Å²) in [6.45, 7) is 4.23. The molecule has 0 aliphatic rings. The van der Waals surface area contributed by atoms with Gasteiger partial charge in [0.05, 0.1) is 6.10 Å². The first kappa shape index (κ1) is 16.9. The maximum atomic E-state index is 10.2. The molecule has 0 saturated heterocycles. The monoisotopic (exact) mass is 312 g/mol. The van der Waals surface area contributed by atoms with Crippen molar-refractivity contribution in [2.24, 2.45) is 0 Å². The molecule has 1 atom stereocenters. The molecule has 0 saturated carbocycles. The van der Waals surface area contributed by atoms with E-state index >= 15 is 0 Å². The molecular weight excluding hydrogens is 288 g/mol. The first-order chi connectivity index (χ1) is 10.6. The van der Waals surface area contributed by atoms with E-state index in [1.165, 1.54) is 21.6 Å². The molecule has 1 N–H and O–H groups in total. The molecule has 0 radical (unpaired) electrons. The lowest BCUT2D eigenvalue weighted by atomic mass is 10.00. The van der Waals surface area contributed by atoms with E-state index in [1.807, 2.05) is 18.2 Å². The number of aliphatic hydroxyl groups is 1. The van der Waals surface area contributed by atoms with Gasteiger partial charge in [0.25, 0.3) is 0 Å². The molecule has 1 unspecified atom stereocenters. The molecule has 0 fully saturated rings. The zero-order chi connectivity index (χ0) is 15.8. The highest BCUT2D eigenvalue weighted by atomic mass is 32.2. The van der Waals surface area contributed by atoms with Crippen molar-refractivity contribution in [2.45, 2.75) is 37.7 Å². The van der Waals surface area contributed by atoms with Crippen LogP contribution in [0.2, 0.25) is 0 Å². The Kier molecular flexibility index (Phi) is 6.75. The number of benzene rings is 2. The van der Waals surface area contributed by atoms with Crippen LogP contribution in [0.15, 0.2) is 65.1 Å². The van der Waals surface area contributed by atoms with E-state index in [0.29, 0.717) is 0 Å². The number of allylic oxidation sites excluding steroid dienone is 1. The lowest BCUT2D eigenvalue weighted by molar-refractivity contribution is 0.189. The average Bonchev–Trinajstić information content (AvgIpc) is 2.52. The normalized spacial score (nSPS) is 12.0. The smallest absolute Gasteiger partial charge is 0.0637 e. The Bertz CT molecular complexity index is 600. The van der Waals surface area contributed by atoms with Crippen LogP contribution in [0.3, 0.4) is 0 Å². The third-order valence-electron chi connectivity index (χ3n) is 3.43. The number of thioether (sulfide) groups is 1. The van der Waals surface area contributed by atoms with Crippen molar-refractivity contribution in [3.8, 4) is 0 Å². The molecule has 0 spiro atoms. The van der Waals surface area contributed by atoms with E-state index in [0.717, 1.165) is 18.6 Å². The van der Waals surface area contributed by atoms with Crippen molar-refractivity contribution in [3.05, 3.63) is 71.3 Å². The van der Waals surface area contributed by atoms with Gasteiger partial charge in [-0.15, -0.1) is 11.8 Å². The maximum absolute atomic E-state index is 10.2. The van der Waals surface area contributed by atoms with Crippen LogP contribution in [0.4, 0.5) is 0 Å². The summed E-state index contributed by atoms with van der Waals surface area (Å²) in [4.78, 5) is 1.21. The minimum Gasteiger partial charge on any atom is -0.392 e. The van der Waals surface area contributed by atoms with Crippen LogP contribution in [0.1, 0.15) is 31.4 Å². The summed E-state index contributed by atoms with van der Waals surface area (Å²) in [6, 6.07) is 18.7. The van der Waals surface area contributed by atoms with Gasteiger partial charge >= 0.3 is 0 Å². The van der Waals surface area contributed by atoms with Crippen LogP contribution < -0.4 is 0 Å². The number of hydrogen-bond acceptors (Lipinski definition) is 2. The van der Waals surface area contributed by atoms with Gasteiger partial charge in [-0.3, -0.25) is 0 Å². The summed E-state index contributed by atoms with van der Waals surface area (Å²) >= 11 is 1.72. The molecule has 2 aromatic carbocycles. The Morgan fingerprint density at radius 1 is 1.05 bits per heavy atom. The molecule has 0 heterocycles. The number of rotatable bonds is 7. The summed E-state index contributed by atoms with van der Waals surface area (Å²) < 4.78 is 0. The Balaban J connectivity index is 1.86. The first-order valence-corrected chi connectivity index (χ1v) is 8.72. The molecule has 22 heavy (non-hydrogen) atoms. The van der Waals surface area contributed by atoms with Crippen molar-refractivity contribution < 1.29 is 5.11 Å². The number of hydrogen-bond donors (Lipinski definition) is 1. The third kappa shape index (κ3) is 5.70. The van der Waals surface area contributed by atoms with E-state index in [-0.39, 0.29) is 6.10 Å². The topological polar surface area (TPSA) is 20.2 Å². The lowest BCUT2D eigenvalue weighted by Crippen LogP contribution is -2.11. The summed E-state index contributed by atoms with van der Waals surface area (Å²) in [5.74, 6) is 0.745. The predicted molar refractivity (Wildman–Crippen MR) is 97.3 cm³/mol. The van der Waals surface area contributed by atoms with Gasteiger partial charge < -0.3 is 5.11 Å². The van der Waals surface area contributed by atoms with Gasteiger partial charge in [0, 0.05) is 10.6 Å². The summed E-state index contributed by atoms with van der Waals surface area (Å²) in [5, 5.41) is 10.2. The number of aryl methyl sites for hydroxylation is 1. The van der Waals surface area contributed by atoms with E-state index in [9.17, 15) is 5.11 Å². The summed E-state index contributed by atoms with van der Waals surface area (Å²) in [5.41, 5.74) is 3.88. The maximum Gasteiger partial charge on any atom is 0.0637 e. The molecule has 0 aliphatic carbocycles. The SMILES string of the molecule is CC(C)=Cc1ccccc1CCC(O)CSc1ccccc1. The second kappa shape index (κ2) is 8.82. The van der Waals surface area contributed by atoms with Crippen LogP contribution in [0.5, 0.6) is 0 Å². The lowest BCUT2D eigenvalue weighted by Gasteiger charge is -2.12. The molecule has 0 amide bonds. The van der Waals surface area contributed by atoms with Gasteiger partial charge in [-0.05, 0) is 49.9 Å². The Morgan fingerprint density at radius 3 is 2.45 bits per heavy atom. The van der Waals surface area contributed by atoms with E-state index in [1.54, 1.807) is 11.8 Å². The van der Waals surface area contributed by atoms with Crippen LogP contribution >= 0.6 is 11.8 Å². The predicted octanol–water partition coefficient (Wildman–Crippen LogP) is 5.20. The fourth-order valence-electron chi connectivity index (χ4n) is 2.33. The van der Waals surface area contributed by atoms with Gasteiger partial charge in [0.15, 0.2) is 0 Å². The van der Waals surface area contributed by atoms with E-state index in [4.69, 9.17) is 0 Å². The van der Waals surface area contributed by atoms with Crippen molar-refractivity contribution >= 4 is 17.8 Å². The minimum atomic E-state index is -0.273. The van der Waals surface area contributed by atoms with Crippen LogP contribution in [-0.2, 0) is 6.42 Å². The second-order valence-corrected chi connectivity index (χ2v) is 6.83. The molecule has 2 aromatic rings. The number of aliphatic hydroxyl groups excluding tert-OH is 1. The average molecular weight is 312 g/mol. The van der Waals surface area contributed by atoms with Crippen LogP contribution in [0.25, 0.3) is 6.08 Å². The quantitative estimate of drug-likeness (QED) is 0.709. The fourth-order valence-corrected chi connectivity index (χ4v) is 3.23. The van der Waals surface area contributed by atoms with Crippen molar-refractivity contribution in [3.63, 3.8) is 0 Å².